The van der Waals surface area contributed by atoms with E-state index in [-0.39, 0.29) is 12.0 Å². The zero-order chi connectivity index (χ0) is 22.1. The molecule has 1 unspecified atom stereocenters. The second-order valence-electron chi connectivity index (χ2n) is 8.26. The third-order valence-corrected chi connectivity index (χ3v) is 5.43. The van der Waals surface area contributed by atoms with E-state index < -0.39 is 0 Å². The van der Waals surface area contributed by atoms with Gasteiger partial charge in [-0.05, 0) is 69.1 Å². The Morgan fingerprint density at radius 2 is 1.77 bits per heavy atom. The van der Waals surface area contributed by atoms with Crippen LogP contribution in [0, 0.1) is 0 Å². The van der Waals surface area contributed by atoms with Gasteiger partial charge in [-0.1, -0.05) is 61.9 Å². The van der Waals surface area contributed by atoms with Gasteiger partial charge in [-0.15, -0.1) is 0 Å². The van der Waals surface area contributed by atoms with Crippen LogP contribution in [0.4, 0.5) is 0 Å². The van der Waals surface area contributed by atoms with Gasteiger partial charge in [-0.2, -0.15) is 0 Å². The smallest absolute Gasteiger partial charge is 0.251 e. The van der Waals surface area contributed by atoms with Crippen molar-refractivity contribution in [3.05, 3.63) is 77.9 Å². The number of rotatable bonds is 11. The maximum atomic E-state index is 12.6. The molecule has 0 saturated carbocycles. The first-order chi connectivity index (χ1) is 15.1. The maximum Gasteiger partial charge on any atom is 0.251 e. The van der Waals surface area contributed by atoms with Crippen LogP contribution in [0.2, 0.25) is 0 Å². The number of carbonyl (C=O) groups excluding carboxylic acids is 1. The lowest BCUT2D eigenvalue weighted by molar-refractivity contribution is 0.0952. The standard InChI is InChI=1S/C27H34N2O2/c1-4-5-16-25(31-26-17-9-12-21-11-6-7-15-24(21)26)22-13-8-14-23(20-22)27(30)28-18-10-19-29(2)3/h6-9,11-15,17,20,25H,4-5,10,16,18-19H2,1-3H3,(H,28,30). The number of amides is 1. The molecule has 4 heteroatoms. The van der Waals surface area contributed by atoms with Crippen molar-refractivity contribution < 1.29 is 9.53 Å². The van der Waals surface area contributed by atoms with Crippen LogP contribution in [-0.4, -0.2) is 38.0 Å². The van der Waals surface area contributed by atoms with Gasteiger partial charge in [0.15, 0.2) is 0 Å². The van der Waals surface area contributed by atoms with Gasteiger partial charge in [0.05, 0.1) is 0 Å². The summed E-state index contributed by atoms with van der Waals surface area (Å²) in [4.78, 5) is 14.8. The van der Waals surface area contributed by atoms with E-state index in [9.17, 15) is 4.79 Å². The van der Waals surface area contributed by atoms with Gasteiger partial charge in [0.25, 0.3) is 5.91 Å². The quantitative estimate of drug-likeness (QED) is 0.398. The second-order valence-corrected chi connectivity index (χ2v) is 8.26. The summed E-state index contributed by atoms with van der Waals surface area (Å²) in [6.45, 7) is 3.82. The van der Waals surface area contributed by atoms with Gasteiger partial charge in [0, 0.05) is 17.5 Å². The average molecular weight is 419 g/mol. The predicted octanol–water partition coefficient (Wildman–Crippen LogP) is 5.83. The molecule has 4 nitrogen and oxygen atoms in total. The highest BCUT2D eigenvalue weighted by Crippen LogP contribution is 2.32. The van der Waals surface area contributed by atoms with Crippen LogP contribution in [0.3, 0.4) is 0 Å². The highest BCUT2D eigenvalue weighted by atomic mass is 16.5. The highest BCUT2D eigenvalue weighted by molar-refractivity contribution is 5.94. The molecule has 0 fully saturated rings. The predicted molar refractivity (Wildman–Crippen MR) is 129 cm³/mol. The Morgan fingerprint density at radius 1 is 1.00 bits per heavy atom. The van der Waals surface area contributed by atoms with Crippen molar-refractivity contribution in [2.45, 2.75) is 38.7 Å². The van der Waals surface area contributed by atoms with Gasteiger partial charge in [0.1, 0.15) is 11.9 Å². The fraction of sp³-hybridized carbons (Fsp3) is 0.370. The van der Waals surface area contributed by atoms with Crippen molar-refractivity contribution in [3.8, 4) is 5.75 Å². The van der Waals surface area contributed by atoms with Crippen molar-refractivity contribution in [3.63, 3.8) is 0 Å². The molecule has 0 aliphatic rings. The largest absolute Gasteiger partial charge is 0.485 e. The normalized spacial score (nSPS) is 12.1. The van der Waals surface area contributed by atoms with E-state index in [1.54, 1.807) is 0 Å². The molecule has 0 saturated heterocycles. The van der Waals surface area contributed by atoms with Crippen molar-refractivity contribution in [2.75, 3.05) is 27.2 Å². The molecule has 0 spiro atoms. The fourth-order valence-electron chi connectivity index (χ4n) is 3.71. The molecule has 0 aliphatic heterocycles. The van der Waals surface area contributed by atoms with Gasteiger partial charge in [-0.3, -0.25) is 4.79 Å². The van der Waals surface area contributed by atoms with E-state index >= 15 is 0 Å². The molecule has 1 amide bonds. The number of hydrogen-bond acceptors (Lipinski definition) is 3. The van der Waals surface area contributed by atoms with Crippen LogP contribution in [0.15, 0.2) is 66.7 Å². The third-order valence-electron chi connectivity index (χ3n) is 5.43. The number of carbonyl (C=O) groups is 1. The number of nitrogens with zero attached hydrogens (tertiary/aromatic N) is 1. The van der Waals surface area contributed by atoms with Crippen molar-refractivity contribution in [1.29, 1.82) is 0 Å². The summed E-state index contributed by atoms with van der Waals surface area (Å²) in [5, 5.41) is 5.31. The lowest BCUT2D eigenvalue weighted by Crippen LogP contribution is -2.27. The minimum atomic E-state index is -0.0905. The Kier molecular flexibility index (Phi) is 8.48. The molecule has 31 heavy (non-hydrogen) atoms. The monoisotopic (exact) mass is 418 g/mol. The minimum absolute atomic E-state index is 0.0278. The van der Waals surface area contributed by atoms with E-state index in [1.807, 2.05) is 56.6 Å². The van der Waals surface area contributed by atoms with Gasteiger partial charge >= 0.3 is 0 Å². The zero-order valence-corrected chi connectivity index (χ0v) is 18.9. The van der Waals surface area contributed by atoms with Crippen molar-refractivity contribution in [2.24, 2.45) is 0 Å². The van der Waals surface area contributed by atoms with Crippen LogP contribution in [0.1, 0.15) is 54.6 Å². The number of hydrogen-bond donors (Lipinski definition) is 1. The summed E-state index contributed by atoms with van der Waals surface area (Å²) in [5.41, 5.74) is 1.73. The number of fused-ring (bicyclic) bond motifs is 1. The SMILES string of the molecule is CCCCC(Oc1cccc2ccccc12)c1cccc(C(=O)NCCCN(C)C)c1. The molecule has 0 aliphatic carbocycles. The van der Waals surface area contributed by atoms with E-state index in [0.717, 1.165) is 48.9 Å². The number of unbranched alkanes of at least 4 members (excludes halogenated alkanes) is 1. The molecule has 0 heterocycles. The first-order valence-electron chi connectivity index (χ1n) is 11.3. The third kappa shape index (κ3) is 6.56. The van der Waals surface area contributed by atoms with Gasteiger partial charge in [0.2, 0.25) is 0 Å². The van der Waals surface area contributed by atoms with Crippen LogP contribution in [-0.2, 0) is 0 Å². The van der Waals surface area contributed by atoms with E-state index in [4.69, 9.17) is 4.74 Å². The Bertz CT molecular complexity index is 978. The van der Waals surface area contributed by atoms with Gasteiger partial charge < -0.3 is 15.0 Å². The Balaban J connectivity index is 1.77. The van der Waals surface area contributed by atoms with E-state index in [1.165, 1.54) is 5.39 Å². The first-order valence-corrected chi connectivity index (χ1v) is 11.3. The van der Waals surface area contributed by atoms with E-state index in [2.05, 4.69) is 41.4 Å². The van der Waals surface area contributed by atoms with Gasteiger partial charge in [-0.25, -0.2) is 0 Å². The molecule has 3 aromatic rings. The van der Waals surface area contributed by atoms with Crippen molar-refractivity contribution in [1.82, 2.24) is 10.2 Å². The summed E-state index contributed by atoms with van der Waals surface area (Å²) in [5.74, 6) is 0.859. The molecule has 0 bridgehead atoms. The molecule has 164 valence electrons. The molecular weight excluding hydrogens is 384 g/mol. The molecule has 1 atom stereocenters. The number of nitrogens with one attached hydrogen (secondary N) is 1. The van der Waals surface area contributed by atoms with Crippen molar-refractivity contribution >= 4 is 16.7 Å². The molecule has 0 aromatic heterocycles. The lowest BCUT2D eigenvalue weighted by atomic mass is 10.0. The average Bonchev–Trinajstić information content (AvgIpc) is 2.79. The summed E-state index contributed by atoms with van der Waals surface area (Å²) in [6.07, 6.45) is 3.92. The lowest BCUT2D eigenvalue weighted by Gasteiger charge is -2.21. The Morgan fingerprint density at radius 3 is 2.58 bits per heavy atom. The van der Waals surface area contributed by atoms with Crippen LogP contribution < -0.4 is 10.1 Å². The van der Waals surface area contributed by atoms with E-state index in [0.29, 0.717) is 12.1 Å². The molecule has 3 rings (SSSR count). The second kappa shape index (κ2) is 11.5. The fourth-order valence-corrected chi connectivity index (χ4v) is 3.71. The summed E-state index contributed by atoms with van der Waals surface area (Å²) in [7, 11) is 4.08. The van der Waals surface area contributed by atoms with Crippen LogP contribution in [0.5, 0.6) is 5.75 Å². The summed E-state index contributed by atoms with van der Waals surface area (Å²) in [6, 6.07) is 22.3. The van der Waals surface area contributed by atoms with Crippen LogP contribution in [0.25, 0.3) is 10.8 Å². The minimum Gasteiger partial charge on any atom is -0.485 e. The number of benzene rings is 3. The maximum absolute atomic E-state index is 12.6. The highest BCUT2D eigenvalue weighted by Gasteiger charge is 2.16. The topological polar surface area (TPSA) is 41.6 Å². The molecule has 3 aromatic carbocycles. The first kappa shape index (κ1) is 22.8. The Hall–Kier alpha value is -2.85. The summed E-state index contributed by atoms with van der Waals surface area (Å²) < 4.78 is 6.54. The molecule has 1 N–H and O–H groups in total. The van der Waals surface area contributed by atoms with Crippen LogP contribution >= 0.6 is 0 Å². The molecule has 0 radical (unpaired) electrons. The number of ether oxygens (including phenoxy) is 1. The summed E-state index contributed by atoms with van der Waals surface area (Å²) >= 11 is 0. The zero-order valence-electron chi connectivity index (χ0n) is 18.9. The Labute approximate surface area is 186 Å². The molecular formula is C27H34N2O2.